The number of pyridine rings is 1. The molecular formula is C24H21BrN6O2S. The molecule has 0 spiro atoms. The number of rotatable bonds is 5. The molecular weight excluding hydrogens is 516 g/mol. The Morgan fingerprint density at radius 1 is 1.29 bits per heavy atom. The SMILES string of the molecule is CO/N=C/c1ccc(-n2nc(-c3ccc(C)nc3)c3c2-c2sc(NC(C)=O)nc2CC3)c(Br)c1. The Kier molecular flexibility index (Phi) is 6.01. The third kappa shape index (κ3) is 4.14. The van der Waals surface area contributed by atoms with Crippen LogP contribution in [0.25, 0.3) is 27.5 Å². The summed E-state index contributed by atoms with van der Waals surface area (Å²) in [6.07, 6.45) is 5.10. The molecule has 3 aromatic heterocycles. The van der Waals surface area contributed by atoms with Crippen LogP contribution < -0.4 is 5.32 Å². The molecule has 4 aromatic rings. The summed E-state index contributed by atoms with van der Waals surface area (Å²) in [6, 6.07) is 9.98. The number of thiazole rings is 1. The fourth-order valence-electron chi connectivity index (χ4n) is 3.98. The second-order valence-corrected chi connectivity index (χ2v) is 9.73. The Balaban J connectivity index is 1.71. The van der Waals surface area contributed by atoms with Crippen LogP contribution in [0.4, 0.5) is 5.13 Å². The summed E-state index contributed by atoms with van der Waals surface area (Å²) in [4.78, 5) is 26.6. The number of aryl methyl sites for hydroxylation is 2. The number of fused-ring (bicyclic) bond motifs is 3. The molecule has 8 nitrogen and oxygen atoms in total. The molecule has 0 unspecified atom stereocenters. The molecule has 1 N–H and O–H groups in total. The van der Waals surface area contributed by atoms with Crippen molar-refractivity contribution in [3.8, 4) is 27.5 Å². The van der Waals surface area contributed by atoms with Crippen LogP contribution >= 0.6 is 27.3 Å². The van der Waals surface area contributed by atoms with Crippen molar-refractivity contribution in [2.24, 2.45) is 5.16 Å². The van der Waals surface area contributed by atoms with Gasteiger partial charge < -0.3 is 10.2 Å². The van der Waals surface area contributed by atoms with Crippen molar-refractivity contribution in [3.63, 3.8) is 0 Å². The van der Waals surface area contributed by atoms with E-state index in [9.17, 15) is 4.79 Å². The van der Waals surface area contributed by atoms with Gasteiger partial charge in [0.15, 0.2) is 5.13 Å². The third-order valence-corrected chi connectivity index (χ3v) is 7.14. The van der Waals surface area contributed by atoms with E-state index in [1.54, 1.807) is 6.21 Å². The van der Waals surface area contributed by atoms with E-state index in [-0.39, 0.29) is 5.91 Å². The van der Waals surface area contributed by atoms with Gasteiger partial charge in [0.2, 0.25) is 5.91 Å². The normalized spacial score (nSPS) is 12.5. The largest absolute Gasteiger partial charge is 0.399 e. The number of nitrogens with one attached hydrogen (secondary N) is 1. The van der Waals surface area contributed by atoms with E-state index in [0.717, 1.165) is 67.3 Å². The minimum Gasteiger partial charge on any atom is -0.399 e. The number of carbonyl (C=O) groups is 1. The summed E-state index contributed by atoms with van der Waals surface area (Å²) in [5.74, 6) is -0.137. The molecule has 3 heterocycles. The predicted molar refractivity (Wildman–Crippen MR) is 137 cm³/mol. The highest BCUT2D eigenvalue weighted by Gasteiger charge is 2.30. The van der Waals surface area contributed by atoms with Crippen molar-refractivity contribution >= 4 is 44.5 Å². The van der Waals surface area contributed by atoms with Gasteiger partial charge in [-0.15, -0.1) is 0 Å². The average molecular weight is 537 g/mol. The highest BCUT2D eigenvalue weighted by Crippen LogP contribution is 2.44. The lowest BCUT2D eigenvalue weighted by Gasteiger charge is -2.15. The minimum absolute atomic E-state index is 0.137. The minimum atomic E-state index is -0.137. The van der Waals surface area contributed by atoms with Crippen molar-refractivity contribution in [2.45, 2.75) is 26.7 Å². The standard InChI is InChI=1S/C24H21BrN6O2S/c1-13-4-6-16(12-26-13)21-17-7-8-19-23(34-24(29-19)28-14(2)32)22(17)31(30-21)20-9-5-15(10-18(20)25)11-27-33-3/h4-6,9-12H,7-8H2,1-3H3,(H,28,29,32)/b27-11+. The van der Waals surface area contributed by atoms with Crippen LogP contribution in [-0.4, -0.2) is 39.0 Å². The summed E-state index contributed by atoms with van der Waals surface area (Å²) in [7, 11) is 1.51. The molecule has 1 amide bonds. The number of nitrogens with zero attached hydrogens (tertiary/aromatic N) is 5. The van der Waals surface area contributed by atoms with E-state index < -0.39 is 0 Å². The number of benzene rings is 1. The first-order valence-electron chi connectivity index (χ1n) is 10.6. The Labute approximate surface area is 208 Å². The van der Waals surface area contributed by atoms with Gasteiger partial charge in [0.1, 0.15) is 7.11 Å². The van der Waals surface area contributed by atoms with Crippen molar-refractivity contribution in [1.82, 2.24) is 19.7 Å². The molecule has 1 aromatic carbocycles. The first-order chi connectivity index (χ1) is 16.4. The van der Waals surface area contributed by atoms with Gasteiger partial charge in [-0.3, -0.25) is 9.78 Å². The smallest absolute Gasteiger partial charge is 0.223 e. The molecule has 0 fully saturated rings. The molecule has 34 heavy (non-hydrogen) atoms. The van der Waals surface area contributed by atoms with Crippen LogP contribution in [0.3, 0.4) is 0 Å². The lowest BCUT2D eigenvalue weighted by Crippen LogP contribution is -2.07. The monoisotopic (exact) mass is 536 g/mol. The Hall–Kier alpha value is -3.37. The van der Waals surface area contributed by atoms with Gasteiger partial charge in [0.05, 0.1) is 33.9 Å². The number of hydrogen-bond acceptors (Lipinski definition) is 7. The third-order valence-electron chi connectivity index (χ3n) is 5.48. The summed E-state index contributed by atoms with van der Waals surface area (Å²) in [5, 5.41) is 12.3. The zero-order chi connectivity index (χ0) is 23.8. The fraction of sp³-hybridized carbons (Fsp3) is 0.208. The first kappa shape index (κ1) is 22.4. The second-order valence-electron chi connectivity index (χ2n) is 7.88. The van der Waals surface area contributed by atoms with Gasteiger partial charge in [0.25, 0.3) is 0 Å². The molecule has 1 aliphatic rings. The maximum atomic E-state index is 11.6. The van der Waals surface area contributed by atoms with E-state index in [4.69, 9.17) is 9.94 Å². The van der Waals surface area contributed by atoms with E-state index in [0.29, 0.717) is 5.13 Å². The van der Waals surface area contributed by atoms with Crippen molar-refractivity contribution in [2.75, 3.05) is 12.4 Å². The average Bonchev–Trinajstić information content (AvgIpc) is 3.38. The number of halogens is 1. The van der Waals surface area contributed by atoms with E-state index >= 15 is 0 Å². The van der Waals surface area contributed by atoms with Gasteiger partial charge in [-0.25, -0.2) is 9.67 Å². The van der Waals surface area contributed by atoms with Gasteiger partial charge in [-0.2, -0.15) is 5.10 Å². The summed E-state index contributed by atoms with van der Waals surface area (Å²) in [6.45, 7) is 3.46. The second kappa shape index (κ2) is 9.11. The number of anilines is 1. The molecule has 172 valence electrons. The molecule has 0 saturated heterocycles. The maximum Gasteiger partial charge on any atom is 0.223 e. The van der Waals surface area contributed by atoms with Crippen LogP contribution in [0.5, 0.6) is 0 Å². The first-order valence-corrected chi connectivity index (χ1v) is 12.2. The molecule has 0 saturated carbocycles. The highest BCUT2D eigenvalue weighted by molar-refractivity contribution is 9.10. The lowest BCUT2D eigenvalue weighted by atomic mass is 9.95. The number of hydrogen-bond donors (Lipinski definition) is 1. The van der Waals surface area contributed by atoms with Crippen LogP contribution in [0.2, 0.25) is 0 Å². The number of oxime groups is 1. The number of amides is 1. The van der Waals surface area contributed by atoms with Crippen LogP contribution in [0.1, 0.15) is 29.4 Å². The van der Waals surface area contributed by atoms with Crippen molar-refractivity contribution in [1.29, 1.82) is 0 Å². The molecule has 1 aliphatic carbocycles. The molecule has 5 rings (SSSR count). The molecule has 0 bridgehead atoms. The van der Waals surface area contributed by atoms with Crippen LogP contribution in [-0.2, 0) is 22.5 Å². The highest BCUT2D eigenvalue weighted by atomic mass is 79.9. The van der Waals surface area contributed by atoms with Gasteiger partial charge >= 0.3 is 0 Å². The Morgan fingerprint density at radius 2 is 2.15 bits per heavy atom. The predicted octanol–water partition coefficient (Wildman–Crippen LogP) is 5.17. The van der Waals surface area contributed by atoms with E-state index in [1.807, 2.05) is 42.1 Å². The van der Waals surface area contributed by atoms with Crippen LogP contribution in [0.15, 0.2) is 46.2 Å². The summed E-state index contributed by atoms with van der Waals surface area (Å²) in [5.41, 5.74) is 7.72. The van der Waals surface area contributed by atoms with Gasteiger partial charge in [0, 0.05) is 34.4 Å². The number of aromatic nitrogens is 4. The van der Waals surface area contributed by atoms with E-state index in [1.165, 1.54) is 25.4 Å². The number of carbonyl (C=O) groups excluding carboxylic acids is 1. The maximum absolute atomic E-state index is 11.6. The van der Waals surface area contributed by atoms with E-state index in [2.05, 4.69) is 42.4 Å². The van der Waals surface area contributed by atoms with Crippen LogP contribution in [0, 0.1) is 6.92 Å². The topological polar surface area (TPSA) is 94.3 Å². The van der Waals surface area contributed by atoms with Crippen molar-refractivity contribution < 1.29 is 9.63 Å². The molecule has 0 aliphatic heterocycles. The van der Waals surface area contributed by atoms with Gasteiger partial charge in [-0.1, -0.05) is 22.6 Å². The lowest BCUT2D eigenvalue weighted by molar-refractivity contribution is -0.114. The Morgan fingerprint density at radius 3 is 2.85 bits per heavy atom. The van der Waals surface area contributed by atoms with Gasteiger partial charge in [-0.05, 0) is 65.5 Å². The van der Waals surface area contributed by atoms with Crippen molar-refractivity contribution in [3.05, 3.63) is 63.5 Å². The molecule has 0 radical (unpaired) electrons. The zero-order valence-corrected chi connectivity index (χ0v) is 21.2. The summed E-state index contributed by atoms with van der Waals surface area (Å²) >= 11 is 5.19. The fourth-order valence-corrected chi connectivity index (χ4v) is 5.66. The quantitative estimate of drug-likeness (QED) is 0.280. The zero-order valence-electron chi connectivity index (χ0n) is 18.8. The molecule has 10 heteroatoms. The summed E-state index contributed by atoms with van der Waals surface area (Å²) < 4.78 is 2.82. The molecule has 0 atom stereocenters. The Bertz CT molecular complexity index is 1420.